The number of imide groups is 1. The van der Waals surface area contributed by atoms with E-state index in [1.165, 1.54) is 51.7 Å². The quantitative estimate of drug-likeness (QED) is 0.388. The summed E-state index contributed by atoms with van der Waals surface area (Å²) in [5, 5.41) is 2.66. The van der Waals surface area contributed by atoms with Gasteiger partial charge in [0.2, 0.25) is 0 Å². The lowest BCUT2D eigenvalue weighted by molar-refractivity contribution is -0.136. The highest BCUT2D eigenvalue weighted by atomic mass is 16.2. The van der Waals surface area contributed by atoms with Crippen molar-refractivity contribution < 1.29 is 9.59 Å². The molecule has 0 radical (unpaired) electrons. The Labute approximate surface area is 165 Å². The van der Waals surface area contributed by atoms with Gasteiger partial charge in [-0.05, 0) is 25.0 Å². The third-order valence-electron chi connectivity index (χ3n) is 5.59. The first-order chi connectivity index (χ1) is 13.8. The predicted molar refractivity (Wildman–Crippen MR) is 113 cm³/mol. The highest BCUT2D eigenvalue weighted by Gasteiger charge is 2.22. The van der Waals surface area contributed by atoms with E-state index in [0.29, 0.717) is 6.54 Å². The van der Waals surface area contributed by atoms with E-state index in [2.05, 4.69) is 53.1 Å². The van der Waals surface area contributed by atoms with Crippen molar-refractivity contribution in [3.63, 3.8) is 0 Å². The Hall–Kier alpha value is -2.88. The van der Waals surface area contributed by atoms with E-state index in [1.54, 1.807) is 0 Å². The molecular weight excluding hydrogens is 348 g/mol. The van der Waals surface area contributed by atoms with Crippen molar-refractivity contribution >= 4 is 33.6 Å². The molecule has 0 unspecified atom stereocenters. The molecule has 0 aliphatic carbocycles. The number of benzene rings is 2. The van der Waals surface area contributed by atoms with Crippen molar-refractivity contribution in [2.45, 2.75) is 45.1 Å². The van der Waals surface area contributed by atoms with Gasteiger partial charge in [-0.25, -0.2) is 0 Å². The third kappa shape index (κ3) is 3.72. The van der Waals surface area contributed by atoms with Gasteiger partial charge in [-0.15, -0.1) is 0 Å². The van der Waals surface area contributed by atoms with Crippen LogP contribution in [0.1, 0.15) is 38.5 Å². The maximum absolute atomic E-state index is 11.5. The number of carbonyl (C=O) groups excluding carboxylic acids is 2. The number of fused-ring (bicyclic) bond motifs is 3. The summed E-state index contributed by atoms with van der Waals surface area (Å²) in [6.07, 6.45) is 9.38. The summed E-state index contributed by atoms with van der Waals surface area (Å²) >= 11 is 0. The van der Waals surface area contributed by atoms with Crippen LogP contribution in [0.15, 0.2) is 60.7 Å². The molecule has 2 aromatic carbocycles. The van der Waals surface area contributed by atoms with Crippen LogP contribution in [0.3, 0.4) is 0 Å². The number of carbonyl (C=O) groups is 2. The van der Waals surface area contributed by atoms with Crippen molar-refractivity contribution in [3.05, 3.63) is 60.7 Å². The Bertz CT molecular complexity index is 960. The fourth-order valence-corrected chi connectivity index (χ4v) is 4.14. The standard InChI is InChI=1S/C24H26N2O2/c27-23-15-16-24(28)26(23)18-10-4-2-1-3-9-17-25-21-13-7-5-11-19(21)20-12-6-8-14-22(20)25/h5-8,11-16H,1-4,9-10,17-18H2. The second kappa shape index (κ2) is 8.42. The number of para-hydroxylation sites is 2. The van der Waals surface area contributed by atoms with Crippen LogP contribution in [-0.4, -0.2) is 27.8 Å². The fraction of sp³-hybridized carbons (Fsp3) is 0.333. The van der Waals surface area contributed by atoms with Gasteiger partial charge in [0, 0.05) is 47.0 Å². The first-order valence-corrected chi connectivity index (χ1v) is 10.3. The fourth-order valence-electron chi connectivity index (χ4n) is 4.14. The number of nitrogens with zero attached hydrogens (tertiary/aromatic N) is 2. The normalized spacial score (nSPS) is 14.1. The van der Waals surface area contributed by atoms with Crippen LogP contribution in [0.5, 0.6) is 0 Å². The van der Waals surface area contributed by atoms with Crippen molar-refractivity contribution in [1.29, 1.82) is 0 Å². The van der Waals surface area contributed by atoms with Gasteiger partial charge in [0.1, 0.15) is 0 Å². The van der Waals surface area contributed by atoms with Crippen LogP contribution < -0.4 is 0 Å². The average Bonchev–Trinajstić information content (AvgIpc) is 3.22. The summed E-state index contributed by atoms with van der Waals surface area (Å²) in [5.74, 6) is -0.340. The van der Waals surface area contributed by atoms with Gasteiger partial charge in [0.05, 0.1) is 0 Å². The zero-order chi connectivity index (χ0) is 19.3. The Morgan fingerprint density at radius 2 is 1.04 bits per heavy atom. The average molecular weight is 374 g/mol. The number of unbranched alkanes of at least 4 members (excludes halogenated alkanes) is 5. The van der Waals surface area contributed by atoms with Gasteiger partial charge in [-0.2, -0.15) is 0 Å². The van der Waals surface area contributed by atoms with Crippen molar-refractivity contribution in [3.8, 4) is 0 Å². The molecule has 4 rings (SSSR count). The first kappa shape index (κ1) is 18.5. The van der Waals surface area contributed by atoms with E-state index in [9.17, 15) is 9.59 Å². The maximum Gasteiger partial charge on any atom is 0.253 e. The summed E-state index contributed by atoms with van der Waals surface area (Å²) in [6, 6.07) is 17.3. The molecule has 0 spiro atoms. The molecule has 0 saturated heterocycles. The molecule has 0 bridgehead atoms. The SMILES string of the molecule is O=C1C=CC(=O)N1CCCCCCCCn1c2ccccc2c2ccccc21. The van der Waals surface area contributed by atoms with E-state index in [1.807, 2.05) is 0 Å². The summed E-state index contributed by atoms with van der Waals surface area (Å²) < 4.78 is 2.45. The van der Waals surface area contributed by atoms with Crippen molar-refractivity contribution in [1.82, 2.24) is 9.47 Å². The van der Waals surface area contributed by atoms with Gasteiger partial charge < -0.3 is 4.57 Å². The largest absolute Gasteiger partial charge is 0.340 e. The Balaban J connectivity index is 1.23. The molecular formula is C24H26N2O2. The lowest BCUT2D eigenvalue weighted by Crippen LogP contribution is -2.30. The number of aromatic nitrogens is 1. The van der Waals surface area contributed by atoms with E-state index in [-0.39, 0.29) is 11.8 Å². The molecule has 0 fully saturated rings. The van der Waals surface area contributed by atoms with Gasteiger partial charge in [-0.1, -0.05) is 62.1 Å². The minimum Gasteiger partial charge on any atom is -0.340 e. The molecule has 3 aromatic rings. The highest BCUT2D eigenvalue weighted by molar-refractivity contribution is 6.12. The maximum atomic E-state index is 11.5. The van der Waals surface area contributed by atoms with E-state index < -0.39 is 0 Å². The lowest BCUT2D eigenvalue weighted by atomic mass is 10.1. The van der Waals surface area contributed by atoms with Crippen LogP contribution in [0, 0.1) is 0 Å². The minimum atomic E-state index is -0.170. The van der Waals surface area contributed by atoms with Gasteiger partial charge in [-0.3, -0.25) is 14.5 Å². The Morgan fingerprint density at radius 3 is 1.61 bits per heavy atom. The number of hydrogen-bond acceptors (Lipinski definition) is 2. The highest BCUT2D eigenvalue weighted by Crippen LogP contribution is 2.29. The summed E-state index contributed by atoms with van der Waals surface area (Å²) in [6.45, 7) is 1.59. The zero-order valence-corrected chi connectivity index (χ0v) is 16.1. The molecule has 4 heteroatoms. The van der Waals surface area contributed by atoms with Crippen LogP contribution in [0.2, 0.25) is 0 Å². The molecule has 144 valence electrons. The minimum absolute atomic E-state index is 0.170. The van der Waals surface area contributed by atoms with Crippen LogP contribution in [0.4, 0.5) is 0 Å². The molecule has 2 amide bonds. The van der Waals surface area contributed by atoms with E-state index >= 15 is 0 Å². The monoisotopic (exact) mass is 374 g/mol. The van der Waals surface area contributed by atoms with Crippen LogP contribution >= 0.6 is 0 Å². The Morgan fingerprint density at radius 1 is 0.571 bits per heavy atom. The molecule has 0 N–H and O–H groups in total. The molecule has 0 saturated carbocycles. The zero-order valence-electron chi connectivity index (χ0n) is 16.1. The predicted octanol–water partition coefficient (Wildman–Crippen LogP) is 5.06. The molecule has 1 aliphatic rings. The number of rotatable bonds is 9. The topological polar surface area (TPSA) is 42.3 Å². The second-order valence-corrected chi connectivity index (χ2v) is 7.47. The smallest absolute Gasteiger partial charge is 0.253 e. The van der Waals surface area contributed by atoms with Gasteiger partial charge in [0.15, 0.2) is 0 Å². The summed E-state index contributed by atoms with van der Waals surface area (Å²) in [4.78, 5) is 24.3. The van der Waals surface area contributed by atoms with Crippen molar-refractivity contribution in [2.24, 2.45) is 0 Å². The van der Waals surface area contributed by atoms with Gasteiger partial charge >= 0.3 is 0 Å². The molecule has 4 nitrogen and oxygen atoms in total. The molecule has 28 heavy (non-hydrogen) atoms. The molecule has 1 aromatic heterocycles. The van der Waals surface area contributed by atoms with Crippen molar-refractivity contribution in [2.75, 3.05) is 6.54 Å². The van der Waals surface area contributed by atoms with Gasteiger partial charge in [0.25, 0.3) is 11.8 Å². The van der Waals surface area contributed by atoms with Crippen LogP contribution in [-0.2, 0) is 16.1 Å². The third-order valence-corrected chi connectivity index (χ3v) is 5.59. The van der Waals surface area contributed by atoms with E-state index in [0.717, 1.165) is 32.2 Å². The summed E-state index contributed by atoms with van der Waals surface area (Å²) in [5.41, 5.74) is 2.63. The molecule has 2 heterocycles. The lowest BCUT2D eigenvalue weighted by Gasteiger charge is -2.13. The molecule has 1 aliphatic heterocycles. The first-order valence-electron chi connectivity index (χ1n) is 10.3. The second-order valence-electron chi connectivity index (χ2n) is 7.47. The van der Waals surface area contributed by atoms with Crippen LogP contribution in [0.25, 0.3) is 21.8 Å². The Kier molecular flexibility index (Phi) is 5.56. The number of hydrogen-bond donors (Lipinski definition) is 0. The number of aryl methyl sites for hydroxylation is 1. The summed E-state index contributed by atoms with van der Waals surface area (Å²) in [7, 11) is 0. The van der Waals surface area contributed by atoms with E-state index in [4.69, 9.17) is 0 Å². The molecule has 0 atom stereocenters. The number of amides is 2.